The summed E-state index contributed by atoms with van der Waals surface area (Å²) in [7, 11) is 0. The van der Waals surface area contributed by atoms with Gasteiger partial charge in [0.2, 0.25) is 5.78 Å². The average Bonchev–Trinajstić information content (AvgIpc) is 3.36. The van der Waals surface area contributed by atoms with Crippen LogP contribution >= 0.6 is 11.6 Å². The van der Waals surface area contributed by atoms with Gasteiger partial charge in [0.15, 0.2) is 5.82 Å². The van der Waals surface area contributed by atoms with Gasteiger partial charge in [0.25, 0.3) is 5.56 Å². The van der Waals surface area contributed by atoms with Gasteiger partial charge in [-0.3, -0.25) is 14.2 Å². The smallest absolute Gasteiger partial charge is 0.261 e. The lowest BCUT2D eigenvalue weighted by molar-refractivity contribution is 0.102. The monoisotopic (exact) mass is 557 g/mol. The van der Waals surface area contributed by atoms with Gasteiger partial charge < -0.3 is 10.3 Å². The maximum absolute atomic E-state index is 14.4. The van der Waals surface area contributed by atoms with Gasteiger partial charge in [-0.15, -0.1) is 0 Å². The normalized spacial score (nSPS) is 12.3. The molecule has 204 valence electrons. The molecule has 40 heavy (non-hydrogen) atoms. The van der Waals surface area contributed by atoms with Crippen LogP contribution in [0, 0.1) is 18.7 Å². The summed E-state index contributed by atoms with van der Waals surface area (Å²) in [4.78, 5) is 37.1. The predicted molar refractivity (Wildman–Crippen MR) is 154 cm³/mol. The largest absolute Gasteiger partial charge is 0.325 e. The van der Waals surface area contributed by atoms with E-state index in [1.165, 1.54) is 6.07 Å². The van der Waals surface area contributed by atoms with Crippen LogP contribution < -0.4 is 11.3 Å². The SMILES string of the molecule is Cc1ccc(C(=O)c2nc(CN)cn2[C@@H](c2nc3cc(Cl)ccc3c(=O)n2Cc2ccccc2)C(C)C)cc1F. The molecule has 0 aliphatic carbocycles. The van der Waals surface area contributed by atoms with E-state index in [4.69, 9.17) is 22.3 Å². The summed E-state index contributed by atoms with van der Waals surface area (Å²) in [5.41, 5.74) is 8.19. The van der Waals surface area contributed by atoms with E-state index in [9.17, 15) is 14.0 Å². The fourth-order valence-electron chi connectivity index (χ4n) is 4.89. The van der Waals surface area contributed by atoms with E-state index >= 15 is 0 Å². The molecule has 0 aliphatic heterocycles. The zero-order chi connectivity index (χ0) is 28.6. The number of rotatable bonds is 8. The Balaban J connectivity index is 1.75. The highest BCUT2D eigenvalue weighted by atomic mass is 35.5. The highest BCUT2D eigenvalue weighted by Gasteiger charge is 2.30. The molecule has 2 aromatic heterocycles. The molecule has 0 amide bonds. The van der Waals surface area contributed by atoms with Crippen LogP contribution in [0.5, 0.6) is 0 Å². The second-order valence-corrected chi connectivity index (χ2v) is 10.6. The van der Waals surface area contributed by atoms with Crippen LogP contribution in [0.4, 0.5) is 4.39 Å². The Morgan fingerprint density at radius 2 is 1.80 bits per heavy atom. The van der Waals surface area contributed by atoms with Crippen LogP contribution in [-0.4, -0.2) is 24.9 Å². The van der Waals surface area contributed by atoms with Crippen molar-refractivity contribution in [1.29, 1.82) is 0 Å². The molecule has 0 aliphatic rings. The number of imidazole rings is 1. The Morgan fingerprint density at radius 3 is 2.48 bits per heavy atom. The molecule has 0 radical (unpaired) electrons. The van der Waals surface area contributed by atoms with Crippen molar-refractivity contribution >= 4 is 28.3 Å². The number of carbonyl (C=O) groups excluding carboxylic acids is 1. The number of benzene rings is 3. The molecule has 9 heteroatoms. The van der Waals surface area contributed by atoms with Gasteiger partial charge in [0, 0.05) is 23.3 Å². The zero-order valence-corrected chi connectivity index (χ0v) is 23.2. The minimum atomic E-state index is -0.582. The third-order valence-electron chi connectivity index (χ3n) is 6.95. The van der Waals surface area contributed by atoms with Gasteiger partial charge in [0.1, 0.15) is 11.6 Å². The topological polar surface area (TPSA) is 95.8 Å². The van der Waals surface area contributed by atoms with Crippen molar-refractivity contribution < 1.29 is 9.18 Å². The van der Waals surface area contributed by atoms with Crippen molar-refractivity contribution in [3.8, 4) is 0 Å². The number of nitrogens with zero attached hydrogens (tertiary/aromatic N) is 4. The fourth-order valence-corrected chi connectivity index (χ4v) is 5.05. The van der Waals surface area contributed by atoms with Gasteiger partial charge in [-0.25, -0.2) is 14.4 Å². The Hall–Kier alpha value is -4.14. The third kappa shape index (κ3) is 5.20. The molecule has 3 aromatic carbocycles. The summed E-state index contributed by atoms with van der Waals surface area (Å²) in [5, 5.41) is 0.892. The number of aromatic nitrogens is 4. The molecule has 0 spiro atoms. The lowest BCUT2D eigenvalue weighted by Crippen LogP contribution is -2.32. The van der Waals surface area contributed by atoms with Gasteiger partial charge in [-0.2, -0.15) is 0 Å². The van der Waals surface area contributed by atoms with Crippen molar-refractivity contribution in [3.63, 3.8) is 0 Å². The lowest BCUT2D eigenvalue weighted by atomic mass is 10.0. The number of hydrogen-bond acceptors (Lipinski definition) is 5. The molecule has 1 atom stereocenters. The minimum absolute atomic E-state index is 0.0918. The van der Waals surface area contributed by atoms with Crippen LogP contribution in [0.1, 0.15) is 58.7 Å². The number of halogens is 2. The molecule has 0 unspecified atom stereocenters. The number of carbonyl (C=O) groups is 1. The first-order chi connectivity index (χ1) is 19.2. The number of aryl methyl sites for hydroxylation is 1. The molecule has 2 heterocycles. The Morgan fingerprint density at radius 1 is 1.05 bits per heavy atom. The molecule has 7 nitrogen and oxygen atoms in total. The molecular weight excluding hydrogens is 529 g/mol. The maximum Gasteiger partial charge on any atom is 0.261 e. The first kappa shape index (κ1) is 27.4. The fraction of sp³-hybridized carbons (Fsp3) is 0.226. The van der Waals surface area contributed by atoms with E-state index in [-0.39, 0.29) is 36.0 Å². The van der Waals surface area contributed by atoms with Crippen molar-refractivity contribution in [2.75, 3.05) is 0 Å². The summed E-state index contributed by atoms with van der Waals surface area (Å²) in [6.07, 6.45) is 1.71. The van der Waals surface area contributed by atoms with Gasteiger partial charge in [-0.05, 0) is 48.2 Å². The molecule has 5 aromatic rings. The highest BCUT2D eigenvalue weighted by molar-refractivity contribution is 6.31. The quantitative estimate of drug-likeness (QED) is 0.248. The first-order valence-electron chi connectivity index (χ1n) is 13.0. The maximum atomic E-state index is 14.4. The Bertz CT molecular complexity index is 1780. The zero-order valence-electron chi connectivity index (χ0n) is 22.4. The summed E-state index contributed by atoms with van der Waals surface area (Å²) in [5.74, 6) is -0.525. The molecule has 0 bridgehead atoms. The molecular formula is C31H29ClFN5O2. The van der Waals surface area contributed by atoms with E-state index in [2.05, 4.69) is 4.98 Å². The Labute approximate surface area is 236 Å². The van der Waals surface area contributed by atoms with Crippen molar-refractivity contribution in [3.05, 3.63) is 128 Å². The van der Waals surface area contributed by atoms with E-state index in [0.29, 0.717) is 33.0 Å². The molecule has 0 saturated carbocycles. The van der Waals surface area contributed by atoms with Crippen molar-refractivity contribution in [1.82, 2.24) is 19.1 Å². The summed E-state index contributed by atoms with van der Waals surface area (Å²) >= 11 is 6.28. The van der Waals surface area contributed by atoms with E-state index in [1.54, 1.807) is 52.6 Å². The van der Waals surface area contributed by atoms with Crippen LogP contribution in [-0.2, 0) is 13.1 Å². The summed E-state index contributed by atoms with van der Waals surface area (Å²) in [6, 6.07) is 18.4. The molecule has 0 saturated heterocycles. The van der Waals surface area contributed by atoms with Crippen LogP contribution in [0.25, 0.3) is 10.9 Å². The van der Waals surface area contributed by atoms with Gasteiger partial charge in [-0.1, -0.05) is 67.9 Å². The van der Waals surface area contributed by atoms with E-state index in [1.807, 2.05) is 44.2 Å². The van der Waals surface area contributed by atoms with Crippen molar-refractivity contribution in [2.45, 2.75) is 39.9 Å². The Kier molecular flexibility index (Phi) is 7.65. The minimum Gasteiger partial charge on any atom is -0.325 e. The molecule has 0 fully saturated rings. The highest BCUT2D eigenvalue weighted by Crippen LogP contribution is 2.30. The number of nitrogens with two attached hydrogens (primary N) is 1. The van der Waals surface area contributed by atoms with Gasteiger partial charge in [0.05, 0.1) is 29.2 Å². The van der Waals surface area contributed by atoms with Crippen LogP contribution in [0.2, 0.25) is 5.02 Å². The number of fused-ring (bicyclic) bond motifs is 1. The summed E-state index contributed by atoms with van der Waals surface area (Å²) in [6.45, 7) is 5.96. The van der Waals surface area contributed by atoms with E-state index in [0.717, 1.165) is 5.56 Å². The van der Waals surface area contributed by atoms with Crippen LogP contribution in [0.15, 0.2) is 77.7 Å². The summed E-state index contributed by atoms with van der Waals surface area (Å²) < 4.78 is 17.8. The molecule has 2 N–H and O–H groups in total. The first-order valence-corrected chi connectivity index (χ1v) is 13.4. The third-order valence-corrected chi connectivity index (χ3v) is 7.19. The second-order valence-electron chi connectivity index (χ2n) is 10.2. The predicted octanol–water partition coefficient (Wildman–Crippen LogP) is 5.68. The van der Waals surface area contributed by atoms with Gasteiger partial charge >= 0.3 is 0 Å². The van der Waals surface area contributed by atoms with Crippen molar-refractivity contribution in [2.24, 2.45) is 11.7 Å². The molecule has 5 rings (SSSR count). The van der Waals surface area contributed by atoms with Crippen LogP contribution in [0.3, 0.4) is 0 Å². The second kappa shape index (κ2) is 11.2. The lowest BCUT2D eigenvalue weighted by Gasteiger charge is -2.27. The standard InChI is InChI=1S/C31H29ClFN5O2/c1-18(2)27(37-17-23(15-34)35-30(37)28(39)21-10-9-19(3)25(33)13-21)29-36-26-14-22(32)11-12-24(26)31(40)38(29)16-20-7-5-4-6-8-20/h4-14,17-18,27H,15-16,34H2,1-3H3/t27-/m1/s1. The van der Waals surface area contributed by atoms with E-state index < -0.39 is 17.6 Å². The average molecular weight is 558 g/mol. The number of ketones is 1. The number of hydrogen-bond donors (Lipinski definition) is 1.